The molecule has 0 spiro atoms. The zero-order valence-corrected chi connectivity index (χ0v) is 13.5. The summed E-state index contributed by atoms with van der Waals surface area (Å²) in [4.78, 5) is 28.3. The molecule has 0 fully saturated rings. The van der Waals surface area contributed by atoms with Crippen LogP contribution < -0.4 is 0 Å². The van der Waals surface area contributed by atoms with Gasteiger partial charge in [0.25, 0.3) is 0 Å². The van der Waals surface area contributed by atoms with Crippen molar-refractivity contribution in [3.05, 3.63) is 47.7 Å². The monoisotopic (exact) mass is 311 g/mol. The van der Waals surface area contributed by atoms with Gasteiger partial charge in [-0.15, -0.1) is 0 Å². The Hall–Kier alpha value is -2.49. The third-order valence-corrected chi connectivity index (χ3v) is 3.64. The standard InChI is InChI=1S/C19H21NO3/c1-3-4-5-10-18(21)15-13-14-8-6-7-9-16(14)20-17(15)11-12-19(22)23-2/h6-9,11-13H,3-5,10H2,1-2H3/b12-11+. The van der Waals surface area contributed by atoms with Crippen molar-refractivity contribution in [1.82, 2.24) is 4.98 Å². The normalized spacial score (nSPS) is 11.0. The molecule has 4 heteroatoms. The molecule has 0 saturated carbocycles. The fourth-order valence-electron chi connectivity index (χ4n) is 2.37. The average molecular weight is 311 g/mol. The van der Waals surface area contributed by atoms with Gasteiger partial charge >= 0.3 is 5.97 Å². The van der Waals surface area contributed by atoms with E-state index in [9.17, 15) is 9.59 Å². The van der Waals surface area contributed by atoms with Crippen molar-refractivity contribution >= 4 is 28.7 Å². The highest BCUT2D eigenvalue weighted by atomic mass is 16.5. The van der Waals surface area contributed by atoms with Gasteiger partial charge in [0.2, 0.25) is 0 Å². The van der Waals surface area contributed by atoms with Crippen LogP contribution in [0.25, 0.3) is 17.0 Å². The zero-order chi connectivity index (χ0) is 16.7. The van der Waals surface area contributed by atoms with Crippen LogP contribution in [0.2, 0.25) is 0 Å². The van der Waals surface area contributed by atoms with Gasteiger partial charge < -0.3 is 4.74 Å². The van der Waals surface area contributed by atoms with E-state index in [2.05, 4.69) is 16.6 Å². The molecule has 120 valence electrons. The number of benzene rings is 1. The van der Waals surface area contributed by atoms with Crippen LogP contribution in [0.4, 0.5) is 0 Å². The number of hydrogen-bond acceptors (Lipinski definition) is 4. The molecule has 0 bridgehead atoms. The Kier molecular flexibility index (Phi) is 6.03. The molecule has 0 unspecified atom stereocenters. The van der Waals surface area contributed by atoms with Gasteiger partial charge in [0, 0.05) is 23.4 Å². The van der Waals surface area contributed by atoms with E-state index < -0.39 is 5.97 Å². The first kappa shape index (κ1) is 16.9. The van der Waals surface area contributed by atoms with Crippen LogP contribution in [0, 0.1) is 0 Å². The van der Waals surface area contributed by atoms with E-state index in [0.717, 1.165) is 30.2 Å². The number of ether oxygens (including phenoxy) is 1. The van der Waals surface area contributed by atoms with Gasteiger partial charge in [-0.2, -0.15) is 0 Å². The molecule has 0 saturated heterocycles. The van der Waals surface area contributed by atoms with E-state index in [-0.39, 0.29) is 5.78 Å². The Bertz CT molecular complexity index is 734. The summed E-state index contributed by atoms with van der Waals surface area (Å²) in [5.41, 5.74) is 1.86. The molecule has 0 aliphatic heterocycles. The molecule has 0 aliphatic rings. The van der Waals surface area contributed by atoms with Crippen LogP contribution in [0.5, 0.6) is 0 Å². The summed E-state index contributed by atoms with van der Waals surface area (Å²) >= 11 is 0. The van der Waals surface area contributed by atoms with Crippen molar-refractivity contribution in [2.45, 2.75) is 32.6 Å². The molecule has 0 aliphatic carbocycles. The van der Waals surface area contributed by atoms with Crippen molar-refractivity contribution in [1.29, 1.82) is 0 Å². The lowest BCUT2D eigenvalue weighted by molar-refractivity contribution is -0.134. The highest BCUT2D eigenvalue weighted by molar-refractivity contribution is 6.02. The number of Topliss-reactive ketones (excluding diaryl/α,β-unsaturated/α-hetero) is 1. The summed E-state index contributed by atoms with van der Waals surface area (Å²) in [6.07, 6.45) is 6.29. The fraction of sp³-hybridized carbons (Fsp3) is 0.316. The number of unbranched alkanes of at least 4 members (excludes halogenated alkanes) is 2. The van der Waals surface area contributed by atoms with E-state index in [1.165, 1.54) is 13.2 Å². The molecule has 0 N–H and O–H groups in total. The smallest absolute Gasteiger partial charge is 0.330 e. The molecule has 2 rings (SSSR count). The van der Waals surface area contributed by atoms with Gasteiger partial charge in [0.1, 0.15) is 0 Å². The highest BCUT2D eigenvalue weighted by Crippen LogP contribution is 2.20. The van der Waals surface area contributed by atoms with Crippen molar-refractivity contribution < 1.29 is 14.3 Å². The van der Waals surface area contributed by atoms with Crippen molar-refractivity contribution in [2.24, 2.45) is 0 Å². The van der Waals surface area contributed by atoms with Crippen LogP contribution in [0.1, 0.15) is 48.7 Å². The Balaban J connectivity index is 2.39. The second kappa shape index (κ2) is 8.22. The van der Waals surface area contributed by atoms with Crippen LogP contribution in [0.15, 0.2) is 36.4 Å². The molecule has 2 aromatic rings. The number of hydrogen-bond donors (Lipinski definition) is 0. The van der Waals surface area contributed by atoms with E-state index in [0.29, 0.717) is 17.7 Å². The Labute approximate surface area is 136 Å². The Morgan fingerprint density at radius 2 is 2.00 bits per heavy atom. The lowest BCUT2D eigenvalue weighted by Crippen LogP contribution is -2.04. The quantitative estimate of drug-likeness (QED) is 0.333. The van der Waals surface area contributed by atoms with Gasteiger partial charge in [-0.25, -0.2) is 9.78 Å². The number of carbonyl (C=O) groups is 2. The number of carbonyl (C=O) groups excluding carboxylic acids is 2. The van der Waals surface area contributed by atoms with E-state index in [1.54, 1.807) is 6.08 Å². The SMILES string of the molecule is CCCCCC(=O)c1cc2ccccc2nc1/C=C/C(=O)OC. The minimum Gasteiger partial charge on any atom is -0.466 e. The van der Waals surface area contributed by atoms with Gasteiger partial charge in [0.15, 0.2) is 5.78 Å². The summed E-state index contributed by atoms with van der Waals surface area (Å²) in [7, 11) is 1.32. The van der Waals surface area contributed by atoms with Crippen LogP contribution in [0.3, 0.4) is 0 Å². The van der Waals surface area contributed by atoms with Crippen molar-refractivity contribution in [3.63, 3.8) is 0 Å². The largest absolute Gasteiger partial charge is 0.466 e. The van der Waals surface area contributed by atoms with Crippen LogP contribution >= 0.6 is 0 Å². The second-order valence-corrected chi connectivity index (χ2v) is 5.35. The van der Waals surface area contributed by atoms with Crippen LogP contribution in [-0.2, 0) is 9.53 Å². The third-order valence-electron chi connectivity index (χ3n) is 3.64. The number of aromatic nitrogens is 1. The summed E-state index contributed by atoms with van der Waals surface area (Å²) in [6.45, 7) is 2.10. The van der Waals surface area contributed by atoms with Crippen molar-refractivity contribution in [2.75, 3.05) is 7.11 Å². The van der Waals surface area contributed by atoms with Gasteiger partial charge in [-0.05, 0) is 24.6 Å². The van der Waals surface area contributed by atoms with E-state index >= 15 is 0 Å². The zero-order valence-electron chi connectivity index (χ0n) is 13.5. The molecule has 1 aromatic carbocycles. The maximum atomic E-state index is 12.5. The Morgan fingerprint density at radius 3 is 2.74 bits per heavy atom. The molecule has 1 aromatic heterocycles. The maximum absolute atomic E-state index is 12.5. The molecule has 1 heterocycles. The number of ketones is 1. The maximum Gasteiger partial charge on any atom is 0.330 e. The summed E-state index contributed by atoms with van der Waals surface area (Å²) in [6, 6.07) is 9.48. The molecular formula is C19H21NO3. The first-order valence-corrected chi connectivity index (χ1v) is 7.84. The van der Waals surface area contributed by atoms with Crippen LogP contribution in [-0.4, -0.2) is 23.8 Å². The first-order chi connectivity index (χ1) is 11.2. The minimum absolute atomic E-state index is 0.0567. The predicted molar refractivity (Wildman–Crippen MR) is 91.3 cm³/mol. The molecule has 0 radical (unpaired) electrons. The lowest BCUT2D eigenvalue weighted by atomic mass is 10.0. The Morgan fingerprint density at radius 1 is 1.22 bits per heavy atom. The molecule has 4 nitrogen and oxygen atoms in total. The number of pyridine rings is 1. The second-order valence-electron chi connectivity index (χ2n) is 5.35. The number of methoxy groups -OCH3 is 1. The predicted octanol–water partition coefficient (Wildman–Crippen LogP) is 4.18. The summed E-state index contributed by atoms with van der Waals surface area (Å²) in [5.74, 6) is -0.412. The average Bonchev–Trinajstić information content (AvgIpc) is 2.58. The first-order valence-electron chi connectivity index (χ1n) is 7.84. The number of esters is 1. The molecular weight excluding hydrogens is 290 g/mol. The topological polar surface area (TPSA) is 56.3 Å². The number of para-hydroxylation sites is 1. The number of rotatable bonds is 7. The summed E-state index contributed by atoms with van der Waals surface area (Å²) in [5, 5.41) is 0.918. The lowest BCUT2D eigenvalue weighted by Gasteiger charge is -2.07. The molecule has 0 amide bonds. The van der Waals surface area contributed by atoms with Gasteiger partial charge in [-0.3, -0.25) is 4.79 Å². The van der Waals surface area contributed by atoms with E-state index in [1.807, 2.05) is 30.3 Å². The van der Waals surface area contributed by atoms with Gasteiger partial charge in [0.05, 0.1) is 18.3 Å². The highest BCUT2D eigenvalue weighted by Gasteiger charge is 2.13. The number of nitrogens with zero attached hydrogens (tertiary/aromatic N) is 1. The van der Waals surface area contributed by atoms with E-state index in [4.69, 9.17) is 0 Å². The molecule has 0 atom stereocenters. The number of fused-ring (bicyclic) bond motifs is 1. The fourth-order valence-corrected chi connectivity index (χ4v) is 2.37. The molecule has 23 heavy (non-hydrogen) atoms. The van der Waals surface area contributed by atoms with Gasteiger partial charge in [-0.1, -0.05) is 38.0 Å². The summed E-state index contributed by atoms with van der Waals surface area (Å²) < 4.78 is 4.60. The minimum atomic E-state index is -0.468. The third kappa shape index (κ3) is 4.49. The van der Waals surface area contributed by atoms with Crippen molar-refractivity contribution in [3.8, 4) is 0 Å².